The first kappa shape index (κ1) is 19.1. The maximum Gasteiger partial charge on any atom is 0.252 e. The zero-order chi connectivity index (χ0) is 20.1. The van der Waals surface area contributed by atoms with Crippen molar-refractivity contribution >= 4 is 11.7 Å². The van der Waals surface area contributed by atoms with Gasteiger partial charge in [0.2, 0.25) is 0 Å². The van der Waals surface area contributed by atoms with Crippen LogP contribution in [0.4, 0.5) is 0 Å². The third-order valence-electron chi connectivity index (χ3n) is 5.31. The van der Waals surface area contributed by atoms with Crippen LogP contribution in [0.3, 0.4) is 0 Å². The van der Waals surface area contributed by atoms with Gasteiger partial charge in [-0.2, -0.15) is 0 Å². The molecule has 1 aliphatic rings. The zero-order valence-corrected chi connectivity index (χ0v) is 16.3. The third kappa shape index (κ3) is 4.61. The number of rotatable bonds is 6. The minimum Gasteiger partial charge on any atom is -0.348 e. The molecule has 0 spiro atoms. The summed E-state index contributed by atoms with van der Waals surface area (Å²) >= 11 is 0. The van der Waals surface area contributed by atoms with Crippen LogP contribution >= 0.6 is 0 Å². The van der Waals surface area contributed by atoms with E-state index in [4.69, 9.17) is 0 Å². The van der Waals surface area contributed by atoms with E-state index < -0.39 is 0 Å². The summed E-state index contributed by atoms with van der Waals surface area (Å²) in [6.07, 6.45) is 0.910. The summed E-state index contributed by atoms with van der Waals surface area (Å²) in [5, 5.41) is 3.12. The maximum absolute atomic E-state index is 12.9. The third-order valence-corrected chi connectivity index (χ3v) is 5.31. The maximum atomic E-state index is 12.9. The van der Waals surface area contributed by atoms with Gasteiger partial charge in [-0.05, 0) is 18.1 Å². The van der Waals surface area contributed by atoms with E-state index in [1.807, 2.05) is 36.4 Å². The van der Waals surface area contributed by atoms with Crippen LogP contribution in [0.2, 0.25) is 0 Å². The molecule has 1 atom stereocenters. The minimum absolute atomic E-state index is 0.0890. The summed E-state index contributed by atoms with van der Waals surface area (Å²) in [7, 11) is 0. The molecule has 1 amide bonds. The second-order valence-electron chi connectivity index (χ2n) is 7.42. The highest BCUT2D eigenvalue weighted by molar-refractivity contribution is 6.15. The average molecular weight is 384 g/mol. The number of hydrogen-bond acceptors (Lipinski definition) is 3. The van der Waals surface area contributed by atoms with Crippen molar-refractivity contribution in [2.75, 3.05) is 13.1 Å². The van der Waals surface area contributed by atoms with Crippen LogP contribution in [0, 0.1) is 0 Å². The molecule has 4 nitrogen and oxygen atoms in total. The molecule has 1 fully saturated rings. The molecule has 1 heterocycles. The Morgan fingerprint density at radius 3 is 2.17 bits per heavy atom. The molecule has 1 unspecified atom stereocenters. The van der Waals surface area contributed by atoms with Gasteiger partial charge in [0.25, 0.3) is 5.91 Å². The van der Waals surface area contributed by atoms with Crippen molar-refractivity contribution in [2.24, 2.45) is 0 Å². The van der Waals surface area contributed by atoms with E-state index >= 15 is 0 Å². The number of likely N-dealkylation sites (tertiary alicyclic amines) is 1. The van der Waals surface area contributed by atoms with Gasteiger partial charge >= 0.3 is 0 Å². The summed E-state index contributed by atoms with van der Waals surface area (Å²) < 4.78 is 0. The Morgan fingerprint density at radius 2 is 1.45 bits per heavy atom. The second-order valence-corrected chi connectivity index (χ2v) is 7.42. The highest BCUT2D eigenvalue weighted by atomic mass is 16.2. The van der Waals surface area contributed by atoms with Gasteiger partial charge in [-0.1, -0.05) is 78.9 Å². The van der Waals surface area contributed by atoms with Gasteiger partial charge in [0, 0.05) is 36.8 Å². The van der Waals surface area contributed by atoms with Gasteiger partial charge in [-0.15, -0.1) is 0 Å². The fourth-order valence-electron chi connectivity index (χ4n) is 3.82. The number of carbonyl (C=O) groups is 2. The SMILES string of the molecule is O=C(NC1CCN(Cc2ccccc2)C1)c1ccccc1C(=O)c1ccccc1. The quantitative estimate of drug-likeness (QED) is 0.656. The molecule has 4 rings (SSSR count). The molecule has 1 saturated heterocycles. The molecule has 146 valence electrons. The lowest BCUT2D eigenvalue weighted by Gasteiger charge is -2.17. The van der Waals surface area contributed by atoms with Crippen LogP contribution in [-0.4, -0.2) is 35.7 Å². The molecule has 29 heavy (non-hydrogen) atoms. The topological polar surface area (TPSA) is 49.4 Å². The summed E-state index contributed by atoms with van der Waals surface area (Å²) in [6, 6.07) is 26.6. The summed E-state index contributed by atoms with van der Waals surface area (Å²) in [5.41, 5.74) is 2.74. The minimum atomic E-state index is -0.184. The predicted molar refractivity (Wildman–Crippen MR) is 114 cm³/mol. The van der Waals surface area contributed by atoms with Crippen LogP contribution in [0.1, 0.15) is 38.3 Å². The molecular formula is C25H24N2O2. The van der Waals surface area contributed by atoms with E-state index in [2.05, 4.69) is 22.3 Å². The van der Waals surface area contributed by atoms with Crippen LogP contribution in [0.25, 0.3) is 0 Å². The Hall–Kier alpha value is -3.24. The highest BCUT2D eigenvalue weighted by Crippen LogP contribution is 2.17. The van der Waals surface area contributed by atoms with Crippen LogP contribution in [0.5, 0.6) is 0 Å². The number of nitrogens with one attached hydrogen (secondary N) is 1. The lowest BCUT2D eigenvalue weighted by atomic mass is 9.97. The van der Waals surface area contributed by atoms with Crippen molar-refractivity contribution in [1.29, 1.82) is 0 Å². The first-order valence-electron chi connectivity index (χ1n) is 9.96. The monoisotopic (exact) mass is 384 g/mol. The lowest BCUT2D eigenvalue weighted by molar-refractivity contribution is 0.0927. The molecule has 3 aromatic carbocycles. The van der Waals surface area contributed by atoms with E-state index in [1.54, 1.807) is 36.4 Å². The Labute approximate surface area is 171 Å². The molecule has 0 radical (unpaired) electrons. The van der Waals surface area contributed by atoms with E-state index in [0.717, 1.165) is 26.1 Å². The van der Waals surface area contributed by atoms with Gasteiger partial charge in [0.15, 0.2) is 5.78 Å². The number of benzene rings is 3. The van der Waals surface area contributed by atoms with E-state index in [1.165, 1.54) is 5.56 Å². The van der Waals surface area contributed by atoms with Gasteiger partial charge in [0.1, 0.15) is 0 Å². The molecule has 1 N–H and O–H groups in total. The summed E-state index contributed by atoms with van der Waals surface area (Å²) in [6.45, 7) is 2.65. The molecular weight excluding hydrogens is 360 g/mol. The van der Waals surface area contributed by atoms with Crippen molar-refractivity contribution < 1.29 is 9.59 Å². The second kappa shape index (κ2) is 8.84. The van der Waals surface area contributed by atoms with Crippen molar-refractivity contribution in [2.45, 2.75) is 19.0 Å². The fraction of sp³-hybridized carbons (Fsp3) is 0.200. The molecule has 1 aliphatic heterocycles. The Morgan fingerprint density at radius 1 is 0.828 bits per heavy atom. The van der Waals surface area contributed by atoms with Gasteiger partial charge < -0.3 is 5.32 Å². The van der Waals surface area contributed by atoms with Crippen molar-refractivity contribution in [3.8, 4) is 0 Å². The molecule has 4 heteroatoms. The van der Waals surface area contributed by atoms with Crippen LogP contribution < -0.4 is 5.32 Å². The molecule has 0 aromatic heterocycles. The number of ketones is 1. The zero-order valence-electron chi connectivity index (χ0n) is 16.3. The van der Waals surface area contributed by atoms with E-state index in [0.29, 0.717) is 16.7 Å². The Kier molecular flexibility index (Phi) is 5.82. The number of carbonyl (C=O) groups excluding carboxylic acids is 2. The lowest BCUT2D eigenvalue weighted by Crippen LogP contribution is -2.37. The number of hydrogen-bond donors (Lipinski definition) is 1. The summed E-state index contributed by atoms with van der Waals surface area (Å²) in [5.74, 6) is -0.315. The number of amides is 1. The van der Waals surface area contributed by atoms with E-state index in [9.17, 15) is 9.59 Å². The van der Waals surface area contributed by atoms with E-state index in [-0.39, 0.29) is 17.7 Å². The largest absolute Gasteiger partial charge is 0.348 e. The van der Waals surface area contributed by atoms with Gasteiger partial charge in [-0.25, -0.2) is 0 Å². The first-order chi connectivity index (χ1) is 14.2. The highest BCUT2D eigenvalue weighted by Gasteiger charge is 2.26. The van der Waals surface area contributed by atoms with Crippen LogP contribution in [0.15, 0.2) is 84.9 Å². The van der Waals surface area contributed by atoms with Crippen molar-refractivity contribution in [1.82, 2.24) is 10.2 Å². The normalized spacial score (nSPS) is 16.5. The standard InChI is InChI=1S/C25H24N2O2/c28-24(20-11-5-2-6-12-20)22-13-7-8-14-23(22)25(29)26-21-15-16-27(18-21)17-19-9-3-1-4-10-19/h1-14,21H,15-18H2,(H,26,29). The predicted octanol–water partition coefficient (Wildman–Crippen LogP) is 3.92. The van der Waals surface area contributed by atoms with Crippen molar-refractivity contribution in [3.05, 3.63) is 107 Å². The Balaban J connectivity index is 1.42. The van der Waals surface area contributed by atoms with Gasteiger partial charge in [-0.3, -0.25) is 14.5 Å². The molecule has 0 bridgehead atoms. The number of nitrogens with zero attached hydrogens (tertiary/aromatic N) is 1. The van der Waals surface area contributed by atoms with Crippen LogP contribution in [-0.2, 0) is 6.54 Å². The van der Waals surface area contributed by atoms with Gasteiger partial charge in [0.05, 0.1) is 5.56 Å². The molecule has 0 saturated carbocycles. The summed E-state index contributed by atoms with van der Waals surface area (Å²) in [4.78, 5) is 28.2. The first-order valence-corrected chi connectivity index (χ1v) is 9.96. The smallest absolute Gasteiger partial charge is 0.252 e. The Bertz CT molecular complexity index is 986. The average Bonchev–Trinajstić information content (AvgIpc) is 3.21. The molecule has 0 aliphatic carbocycles. The fourth-order valence-corrected chi connectivity index (χ4v) is 3.82. The van der Waals surface area contributed by atoms with Crippen molar-refractivity contribution in [3.63, 3.8) is 0 Å². The molecule has 3 aromatic rings.